The summed E-state index contributed by atoms with van der Waals surface area (Å²) in [6.07, 6.45) is 0. The van der Waals surface area contributed by atoms with E-state index in [-0.39, 0.29) is 5.78 Å². The quantitative estimate of drug-likeness (QED) is 0.189. The number of carbonyl (C=O) groups excluding carboxylic acids is 1. The van der Waals surface area contributed by atoms with Gasteiger partial charge in [0.15, 0.2) is 5.78 Å². The molecule has 0 amide bonds. The van der Waals surface area contributed by atoms with Gasteiger partial charge in [-0.05, 0) is 80.9 Å². The lowest BCUT2D eigenvalue weighted by molar-refractivity contribution is 0.103. The van der Waals surface area contributed by atoms with Gasteiger partial charge in [-0.1, -0.05) is 127 Å². The van der Waals surface area contributed by atoms with Gasteiger partial charge in [-0.15, -0.1) is 0 Å². The molecule has 2 aliphatic rings. The van der Waals surface area contributed by atoms with Crippen LogP contribution in [0.3, 0.4) is 0 Å². The van der Waals surface area contributed by atoms with E-state index in [9.17, 15) is 4.79 Å². The molecule has 7 aromatic carbocycles. The fraction of sp³-hybridized carbons (Fsp3) is 0.0227. The van der Waals surface area contributed by atoms with E-state index < -0.39 is 5.41 Å². The van der Waals surface area contributed by atoms with Crippen LogP contribution in [0, 0.1) is 0 Å². The van der Waals surface area contributed by atoms with Crippen molar-refractivity contribution in [1.82, 2.24) is 4.57 Å². The smallest absolute Gasteiger partial charge is 0.193 e. The van der Waals surface area contributed by atoms with Crippen LogP contribution in [0.1, 0.15) is 38.2 Å². The minimum absolute atomic E-state index is 0.0439. The van der Waals surface area contributed by atoms with E-state index in [0.717, 1.165) is 5.69 Å². The second-order valence-electron chi connectivity index (χ2n) is 12.4. The minimum atomic E-state index is -0.547. The predicted octanol–water partition coefficient (Wildman–Crippen LogP) is 10.4. The van der Waals surface area contributed by atoms with Crippen LogP contribution in [0.15, 0.2) is 164 Å². The largest absolute Gasteiger partial charge is 0.309 e. The van der Waals surface area contributed by atoms with Crippen molar-refractivity contribution in [2.75, 3.05) is 0 Å². The van der Waals surface area contributed by atoms with Gasteiger partial charge < -0.3 is 4.57 Å². The van der Waals surface area contributed by atoms with Crippen LogP contribution in [0.4, 0.5) is 0 Å². The molecule has 0 aliphatic heterocycles. The lowest BCUT2D eigenvalue weighted by Gasteiger charge is -2.30. The van der Waals surface area contributed by atoms with Crippen LogP contribution in [-0.2, 0) is 5.41 Å². The molecule has 2 nitrogen and oxygen atoms in total. The van der Waals surface area contributed by atoms with Crippen molar-refractivity contribution in [3.63, 3.8) is 0 Å². The zero-order valence-electron chi connectivity index (χ0n) is 24.9. The Morgan fingerprint density at radius 1 is 0.413 bits per heavy atom. The molecule has 0 fully saturated rings. The summed E-state index contributed by atoms with van der Waals surface area (Å²) in [6.45, 7) is 0. The van der Waals surface area contributed by atoms with Gasteiger partial charge in [-0.25, -0.2) is 0 Å². The monoisotopic (exact) mass is 585 g/mol. The SMILES string of the molecule is O=C(c1ccccc1)c1ccc2c(c1)C1(c3ccccc3-2)c2ccccc2-c2cc3c(cc21)c1ccccc1n3-c1ccccc1. The third kappa shape index (κ3) is 3.18. The highest BCUT2D eigenvalue weighted by atomic mass is 16.1. The molecule has 1 heterocycles. The van der Waals surface area contributed by atoms with Gasteiger partial charge in [0, 0.05) is 27.6 Å². The molecule has 2 heteroatoms. The van der Waals surface area contributed by atoms with Gasteiger partial charge in [0.1, 0.15) is 0 Å². The number of fused-ring (bicyclic) bond motifs is 13. The molecule has 10 rings (SSSR count). The molecule has 2 aliphatic carbocycles. The fourth-order valence-corrected chi connectivity index (χ4v) is 8.35. The Labute approximate surface area is 266 Å². The summed E-state index contributed by atoms with van der Waals surface area (Å²) in [5, 5.41) is 2.46. The van der Waals surface area contributed by atoms with E-state index in [1.807, 2.05) is 36.4 Å². The highest BCUT2D eigenvalue weighted by molar-refractivity contribution is 6.13. The normalized spacial score (nSPS) is 15.6. The van der Waals surface area contributed by atoms with Gasteiger partial charge >= 0.3 is 0 Å². The molecule has 8 aromatic rings. The Morgan fingerprint density at radius 3 is 1.76 bits per heavy atom. The molecule has 1 unspecified atom stereocenters. The highest BCUT2D eigenvalue weighted by Crippen LogP contribution is 2.63. The number of rotatable bonds is 3. The van der Waals surface area contributed by atoms with Gasteiger partial charge in [0.25, 0.3) is 0 Å². The zero-order valence-corrected chi connectivity index (χ0v) is 24.9. The Hall–Kier alpha value is -5.99. The number of carbonyl (C=O) groups is 1. The summed E-state index contributed by atoms with van der Waals surface area (Å²) < 4.78 is 2.39. The van der Waals surface area contributed by atoms with E-state index in [1.54, 1.807) is 0 Å². The second-order valence-corrected chi connectivity index (χ2v) is 12.4. The summed E-state index contributed by atoms with van der Waals surface area (Å²) in [5.41, 5.74) is 14.3. The summed E-state index contributed by atoms with van der Waals surface area (Å²) in [6, 6.07) is 57.9. The molecular formula is C44H27NO. The number of hydrogen-bond acceptors (Lipinski definition) is 1. The average molecular weight is 586 g/mol. The van der Waals surface area contributed by atoms with Gasteiger partial charge in [-0.3, -0.25) is 4.79 Å². The van der Waals surface area contributed by atoms with Gasteiger partial charge in [-0.2, -0.15) is 0 Å². The van der Waals surface area contributed by atoms with Crippen molar-refractivity contribution in [3.8, 4) is 27.9 Å². The van der Waals surface area contributed by atoms with Crippen molar-refractivity contribution in [2.45, 2.75) is 5.41 Å². The number of para-hydroxylation sites is 2. The first-order valence-electron chi connectivity index (χ1n) is 15.8. The van der Waals surface area contributed by atoms with Gasteiger partial charge in [0.05, 0.1) is 16.4 Å². The molecule has 0 saturated heterocycles. The first-order chi connectivity index (χ1) is 22.7. The van der Waals surface area contributed by atoms with Crippen molar-refractivity contribution >= 4 is 27.6 Å². The summed E-state index contributed by atoms with van der Waals surface area (Å²) in [5.74, 6) is 0.0439. The highest BCUT2D eigenvalue weighted by Gasteiger charge is 2.52. The number of benzene rings is 7. The molecule has 0 N–H and O–H groups in total. The molecule has 0 bridgehead atoms. The Balaban J connectivity index is 1.33. The maximum Gasteiger partial charge on any atom is 0.193 e. The molecular weight excluding hydrogens is 558 g/mol. The molecule has 46 heavy (non-hydrogen) atoms. The fourth-order valence-electron chi connectivity index (χ4n) is 8.35. The number of nitrogens with zero attached hydrogens (tertiary/aromatic N) is 1. The maximum absolute atomic E-state index is 13.9. The second kappa shape index (κ2) is 9.26. The molecule has 0 saturated carbocycles. The van der Waals surface area contributed by atoms with E-state index >= 15 is 0 Å². The van der Waals surface area contributed by atoms with Crippen molar-refractivity contribution in [2.24, 2.45) is 0 Å². The summed E-state index contributed by atoms with van der Waals surface area (Å²) in [7, 11) is 0. The van der Waals surface area contributed by atoms with Crippen LogP contribution >= 0.6 is 0 Å². The van der Waals surface area contributed by atoms with E-state index in [4.69, 9.17) is 0 Å². The van der Waals surface area contributed by atoms with E-state index in [0.29, 0.717) is 11.1 Å². The third-order valence-corrected chi connectivity index (χ3v) is 10.2. The van der Waals surface area contributed by atoms with Crippen LogP contribution in [0.2, 0.25) is 0 Å². The predicted molar refractivity (Wildman–Crippen MR) is 187 cm³/mol. The Bertz CT molecular complexity index is 2540. The molecule has 1 atom stereocenters. The number of aromatic nitrogens is 1. The zero-order chi connectivity index (χ0) is 30.4. The summed E-state index contributed by atoms with van der Waals surface area (Å²) in [4.78, 5) is 13.9. The molecule has 214 valence electrons. The van der Waals surface area contributed by atoms with Crippen LogP contribution < -0.4 is 0 Å². The first-order valence-corrected chi connectivity index (χ1v) is 15.8. The molecule has 0 radical (unpaired) electrons. The first kappa shape index (κ1) is 25.3. The average Bonchev–Trinajstić information content (AvgIpc) is 3.72. The van der Waals surface area contributed by atoms with Crippen molar-refractivity contribution in [3.05, 3.63) is 197 Å². The van der Waals surface area contributed by atoms with E-state index in [2.05, 4.69) is 132 Å². The Kier molecular flexibility index (Phi) is 5.10. The summed E-state index contributed by atoms with van der Waals surface area (Å²) >= 11 is 0. The lowest BCUT2D eigenvalue weighted by atomic mass is 9.70. The van der Waals surface area contributed by atoms with Crippen molar-refractivity contribution < 1.29 is 4.79 Å². The number of hydrogen-bond donors (Lipinski definition) is 0. The topological polar surface area (TPSA) is 22.0 Å². The Morgan fingerprint density at radius 2 is 1.00 bits per heavy atom. The third-order valence-electron chi connectivity index (χ3n) is 10.2. The number of ketones is 1. The van der Waals surface area contributed by atoms with Crippen LogP contribution in [0.5, 0.6) is 0 Å². The lowest BCUT2D eigenvalue weighted by Crippen LogP contribution is -2.26. The van der Waals surface area contributed by atoms with Gasteiger partial charge in [0.2, 0.25) is 0 Å². The van der Waals surface area contributed by atoms with Crippen LogP contribution in [0.25, 0.3) is 49.7 Å². The standard InChI is InChI=1S/C44H27NO/c46-43(28-13-3-1-4-14-28)29-23-24-33-31-17-7-10-20-37(31)44(39(33)25-29)38-21-11-8-18-32(38)35-27-42-36(26-40(35)44)34-19-9-12-22-41(34)45(42)30-15-5-2-6-16-30/h1-27H. The molecule has 1 aromatic heterocycles. The van der Waals surface area contributed by atoms with Crippen LogP contribution in [-0.4, -0.2) is 10.4 Å². The van der Waals surface area contributed by atoms with E-state index in [1.165, 1.54) is 66.3 Å². The van der Waals surface area contributed by atoms with Crippen molar-refractivity contribution in [1.29, 1.82) is 0 Å². The maximum atomic E-state index is 13.9. The molecule has 1 spiro atoms. The minimum Gasteiger partial charge on any atom is -0.309 e.